The van der Waals surface area contributed by atoms with Gasteiger partial charge in [-0.3, -0.25) is 0 Å². The van der Waals surface area contributed by atoms with Gasteiger partial charge in [0.2, 0.25) is 0 Å². The van der Waals surface area contributed by atoms with Gasteiger partial charge in [-0.05, 0) is 23.3 Å². The van der Waals surface area contributed by atoms with Gasteiger partial charge in [-0.15, -0.1) is 0 Å². The lowest BCUT2D eigenvalue weighted by Gasteiger charge is -2.25. The molecule has 110 valence electrons. The predicted molar refractivity (Wildman–Crippen MR) is 88.4 cm³/mol. The average molecular weight is 290 g/mol. The molecule has 3 aromatic rings. The molecule has 0 fully saturated rings. The lowest BCUT2D eigenvalue weighted by molar-refractivity contribution is 0.154. The smallest absolute Gasteiger partial charge is 0.126 e. The van der Waals surface area contributed by atoms with Crippen LogP contribution in [0.5, 0.6) is 0 Å². The second-order valence-corrected chi connectivity index (χ2v) is 5.10. The van der Waals surface area contributed by atoms with Gasteiger partial charge in [-0.1, -0.05) is 66.7 Å². The van der Waals surface area contributed by atoms with E-state index in [0.717, 1.165) is 16.9 Å². The van der Waals surface area contributed by atoms with Gasteiger partial charge >= 0.3 is 0 Å². The van der Waals surface area contributed by atoms with Gasteiger partial charge in [0.15, 0.2) is 0 Å². The van der Waals surface area contributed by atoms with Crippen LogP contribution in [0.3, 0.4) is 0 Å². The summed E-state index contributed by atoms with van der Waals surface area (Å²) >= 11 is 0. The van der Waals surface area contributed by atoms with Gasteiger partial charge in [-0.25, -0.2) is 4.98 Å². The van der Waals surface area contributed by atoms with E-state index >= 15 is 0 Å². The van der Waals surface area contributed by atoms with Crippen LogP contribution in [0.1, 0.15) is 23.3 Å². The van der Waals surface area contributed by atoms with Crippen LogP contribution >= 0.6 is 0 Å². The van der Waals surface area contributed by atoms with Crippen LogP contribution in [0.25, 0.3) is 0 Å². The third-order valence-electron chi connectivity index (χ3n) is 3.58. The molecule has 0 amide bonds. The number of rotatable bonds is 5. The van der Waals surface area contributed by atoms with Crippen molar-refractivity contribution in [3.63, 3.8) is 0 Å². The molecule has 3 nitrogen and oxygen atoms in total. The number of aliphatic hydroxyl groups excluding tert-OH is 1. The third kappa shape index (κ3) is 3.32. The minimum Gasteiger partial charge on any atom is -0.386 e. The Labute approximate surface area is 130 Å². The highest BCUT2D eigenvalue weighted by Crippen LogP contribution is 2.31. The van der Waals surface area contributed by atoms with Crippen LogP contribution < -0.4 is 5.32 Å². The molecule has 2 aromatic carbocycles. The molecule has 0 saturated carbocycles. The van der Waals surface area contributed by atoms with Crippen molar-refractivity contribution in [2.75, 3.05) is 5.32 Å². The highest BCUT2D eigenvalue weighted by Gasteiger charge is 2.22. The van der Waals surface area contributed by atoms with Crippen molar-refractivity contribution in [3.8, 4) is 0 Å². The fourth-order valence-corrected chi connectivity index (χ4v) is 2.46. The maximum Gasteiger partial charge on any atom is 0.126 e. The lowest BCUT2D eigenvalue weighted by atomic mass is 9.96. The molecule has 0 spiro atoms. The summed E-state index contributed by atoms with van der Waals surface area (Å²) in [5, 5.41) is 14.1. The van der Waals surface area contributed by atoms with Gasteiger partial charge in [0.1, 0.15) is 11.9 Å². The zero-order valence-electron chi connectivity index (χ0n) is 12.1. The molecule has 0 radical (unpaired) electrons. The summed E-state index contributed by atoms with van der Waals surface area (Å²) in [6.45, 7) is 0. The van der Waals surface area contributed by atoms with E-state index in [9.17, 15) is 5.11 Å². The van der Waals surface area contributed by atoms with Crippen LogP contribution in [0.4, 0.5) is 5.82 Å². The predicted octanol–water partition coefficient (Wildman–Crippen LogP) is 3.97. The maximum absolute atomic E-state index is 10.8. The highest BCUT2D eigenvalue weighted by molar-refractivity contribution is 5.40. The molecule has 0 unspecified atom stereocenters. The van der Waals surface area contributed by atoms with E-state index in [1.54, 1.807) is 6.20 Å². The Morgan fingerprint density at radius 1 is 0.727 bits per heavy atom. The Bertz CT molecular complexity index is 686. The van der Waals surface area contributed by atoms with Gasteiger partial charge < -0.3 is 10.4 Å². The molecule has 2 N–H and O–H groups in total. The van der Waals surface area contributed by atoms with Crippen LogP contribution in [0, 0.1) is 0 Å². The Morgan fingerprint density at radius 3 is 1.91 bits per heavy atom. The molecule has 0 bridgehead atoms. The van der Waals surface area contributed by atoms with E-state index in [2.05, 4.69) is 10.3 Å². The number of pyridine rings is 1. The van der Waals surface area contributed by atoms with E-state index in [1.165, 1.54) is 0 Å². The maximum atomic E-state index is 10.8. The van der Waals surface area contributed by atoms with Crippen molar-refractivity contribution in [2.24, 2.45) is 0 Å². The van der Waals surface area contributed by atoms with Gasteiger partial charge in [-0.2, -0.15) is 0 Å². The lowest BCUT2D eigenvalue weighted by Crippen LogP contribution is -2.20. The van der Waals surface area contributed by atoms with E-state index in [1.807, 2.05) is 78.9 Å². The molecule has 22 heavy (non-hydrogen) atoms. The molecule has 1 heterocycles. The number of nitrogens with zero attached hydrogens (tertiary/aromatic N) is 1. The standard InChI is InChI=1S/C19H18N2O/c22-19(16-11-5-2-6-12-16)18(15-9-3-1-4-10-15)21-17-13-7-8-14-20-17/h1-14,18-19,22H,(H,20,21)/t18-,19-/m1/s1. The first kappa shape index (κ1) is 14.3. The van der Waals surface area contributed by atoms with Crippen LogP contribution in [0.2, 0.25) is 0 Å². The minimum atomic E-state index is -0.661. The van der Waals surface area contributed by atoms with Crippen molar-refractivity contribution < 1.29 is 5.11 Å². The van der Waals surface area contributed by atoms with Crippen molar-refractivity contribution in [1.82, 2.24) is 4.98 Å². The summed E-state index contributed by atoms with van der Waals surface area (Å²) < 4.78 is 0. The van der Waals surface area contributed by atoms with E-state index < -0.39 is 6.10 Å². The Hall–Kier alpha value is -2.65. The second-order valence-electron chi connectivity index (χ2n) is 5.10. The number of benzene rings is 2. The quantitative estimate of drug-likeness (QED) is 0.747. The highest BCUT2D eigenvalue weighted by atomic mass is 16.3. The van der Waals surface area contributed by atoms with Crippen molar-refractivity contribution >= 4 is 5.82 Å². The second kappa shape index (κ2) is 6.87. The molecule has 2 atom stereocenters. The first-order valence-electron chi connectivity index (χ1n) is 7.30. The molecule has 0 aliphatic heterocycles. The van der Waals surface area contributed by atoms with Crippen molar-refractivity contribution in [1.29, 1.82) is 0 Å². The van der Waals surface area contributed by atoms with Crippen molar-refractivity contribution in [2.45, 2.75) is 12.1 Å². The van der Waals surface area contributed by atoms with Gasteiger partial charge in [0, 0.05) is 6.20 Å². The SMILES string of the molecule is O[C@H](c1ccccc1)[C@H](Nc1ccccn1)c1ccccc1. The Balaban J connectivity index is 1.93. The van der Waals surface area contributed by atoms with Crippen LogP contribution in [-0.2, 0) is 0 Å². The monoisotopic (exact) mass is 290 g/mol. The fourth-order valence-electron chi connectivity index (χ4n) is 2.46. The summed E-state index contributed by atoms with van der Waals surface area (Å²) in [4.78, 5) is 4.30. The summed E-state index contributed by atoms with van der Waals surface area (Å²) in [5.74, 6) is 0.742. The summed E-state index contributed by atoms with van der Waals surface area (Å²) in [7, 11) is 0. The zero-order valence-corrected chi connectivity index (χ0v) is 12.1. The summed E-state index contributed by atoms with van der Waals surface area (Å²) in [6, 6.07) is 25.0. The molecule has 1 aromatic heterocycles. The third-order valence-corrected chi connectivity index (χ3v) is 3.58. The number of aliphatic hydroxyl groups is 1. The molecule has 0 saturated heterocycles. The first-order valence-corrected chi connectivity index (χ1v) is 7.30. The molecule has 3 rings (SSSR count). The van der Waals surface area contributed by atoms with Gasteiger partial charge in [0.05, 0.1) is 6.04 Å². The zero-order chi connectivity index (χ0) is 15.2. The number of anilines is 1. The number of nitrogens with one attached hydrogen (secondary N) is 1. The molecule has 0 aliphatic carbocycles. The van der Waals surface area contributed by atoms with Crippen LogP contribution in [0.15, 0.2) is 85.1 Å². The van der Waals surface area contributed by atoms with E-state index in [4.69, 9.17) is 0 Å². The molecule has 3 heteroatoms. The Morgan fingerprint density at radius 2 is 1.32 bits per heavy atom. The van der Waals surface area contributed by atoms with Crippen LogP contribution in [-0.4, -0.2) is 10.1 Å². The molecule has 0 aliphatic rings. The first-order chi connectivity index (χ1) is 10.8. The fraction of sp³-hybridized carbons (Fsp3) is 0.105. The summed E-state index contributed by atoms with van der Waals surface area (Å²) in [5.41, 5.74) is 1.89. The number of aromatic nitrogens is 1. The average Bonchev–Trinajstić information content (AvgIpc) is 2.61. The minimum absolute atomic E-state index is 0.265. The molecular weight excluding hydrogens is 272 g/mol. The van der Waals surface area contributed by atoms with Crippen molar-refractivity contribution in [3.05, 3.63) is 96.2 Å². The topological polar surface area (TPSA) is 45.1 Å². The normalized spacial score (nSPS) is 13.3. The van der Waals surface area contributed by atoms with E-state index in [-0.39, 0.29) is 6.04 Å². The summed E-state index contributed by atoms with van der Waals surface area (Å²) in [6.07, 6.45) is 1.07. The number of hydrogen-bond acceptors (Lipinski definition) is 3. The largest absolute Gasteiger partial charge is 0.386 e. The van der Waals surface area contributed by atoms with Gasteiger partial charge in [0.25, 0.3) is 0 Å². The number of hydrogen-bond donors (Lipinski definition) is 2. The van der Waals surface area contributed by atoms with E-state index in [0.29, 0.717) is 0 Å². The molecular formula is C19H18N2O. The Kier molecular flexibility index (Phi) is 4.47.